The molecule has 1 heteroatoms. The lowest BCUT2D eigenvalue weighted by Crippen LogP contribution is -2.05. The maximum atomic E-state index is 12.7. The zero-order valence-electron chi connectivity index (χ0n) is 12.4. The molecule has 0 aliphatic heterocycles. The zero-order chi connectivity index (χ0) is 14.3. The first-order valence-corrected chi connectivity index (χ1v) is 7.33. The monoisotopic (exact) mass is 264 g/mol. The van der Waals surface area contributed by atoms with Crippen LogP contribution in [-0.2, 0) is 12.8 Å². The first-order chi connectivity index (χ1) is 9.56. The number of rotatable bonds is 1. The molecule has 0 saturated carbocycles. The molecule has 0 atom stereocenters. The minimum absolute atomic E-state index is 0.183. The van der Waals surface area contributed by atoms with Crippen molar-refractivity contribution >= 4 is 5.78 Å². The second kappa shape index (κ2) is 4.90. The molecule has 0 unspecified atom stereocenters. The molecular weight excluding hydrogens is 244 g/mol. The van der Waals surface area contributed by atoms with Gasteiger partial charge in [0, 0.05) is 11.1 Å². The maximum Gasteiger partial charge on any atom is 0.193 e. The van der Waals surface area contributed by atoms with Gasteiger partial charge < -0.3 is 0 Å². The maximum absolute atomic E-state index is 12.7. The van der Waals surface area contributed by atoms with Crippen LogP contribution >= 0.6 is 0 Å². The Kier molecular flexibility index (Phi) is 3.21. The van der Waals surface area contributed by atoms with Gasteiger partial charge in [-0.3, -0.25) is 4.79 Å². The highest BCUT2D eigenvalue weighted by molar-refractivity contribution is 6.11. The fourth-order valence-electron chi connectivity index (χ4n) is 2.97. The Morgan fingerprint density at radius 2 is 1.50 bits per heavy atom. The smallest absolute Gasteiger partial charge is 0.193 e. The van der Waals surface area contributed by atoms with Crippen LogP contribution in [-0.4, -0.2) is 5.78 Å². The summed E-state index contributed by atoms with van der Waals surface area (Å²) in [5.74, 6) is 0.686. The third-order valence-electron chi connectivity index (χ3n) is 4.21. The van der Waals surface area contributed by atoms with Gasteiger partial charge in [0.05, 0.1) is 0 Å². The molecule has 1 aliphatic rings. The third-order valence-corrected chi connectivity index (χ3v) is 4.21. The number of hydrogen-bond acceptors (Lipinski definition) is 1. The topological polar surface area (TPSA) is 17.1 Å². The zero-order valence-corrected chi connectivity index (χ0v) is 12.4. The number of hydrogen-bond donors (Lipinski definition) is 0. The van der Waals surface area contributed by atoms with Crippen molar-refractivity contribution in [1.82, 2.24) is 0 Å². The van der Waals surface area contributed by atoms with Crippen LogP contribution in [0.5, 0.6) is 0 Å². The molecule has 3 rings (SSSR count). The summed E-state index contributed by atoms with van der Waals surface area (Å²) < 4.78 is 0. The lowest BCUT2D eigenvalue weighted by molar-refractivity contribution is 0.103. The number of fused-ring (bicyclic) bond motifs is 2. The quantitative estimate of drug-likeness (QED) is 0.743. The van der Waals surface area contributed by atoms with E-state index in [0.29, 0.717) is 5.92 Å². The van der Waals surface area contributed by atoms with E-state index >= 15 is 0 Å². The van der Waals surface area contributed by atoms with Crippen molar-refractivity contribution < 1.29 is 4.79 Å². The van der Waals surface area contributed by atoms with Crippen LogP contribution in [0.15, 0.2) is 36.4 Å². The van der Waals surface area contributed by atoms with Crippen LogP contribution in [0.3, 0.4) is 0 Å². The van der Waals surface area contributed by atoms with Crippen molar-refractivity contribution in [3.8, 4) is 0 Å². The van der Waals surface area contributed by atoms with Crippen molar-refractivity contribution in [1.29, 1.82) is 0 Å². The predicted molar refractivity (Wildman–Crippen MR) is 82.6 cm³/mol. The summed E-state index contributed by atoms with van der Waals surface area (Å²) >= 11 is 0. The van der Waals surface area contributed by atoms with Crippen molar-refractivity contribution in [2.45, 2.75) is 39.5 Å². The number of carbonyl (C=O) groups excluding carboxylic acids is 1. The Balaban J connectivity index is 2.11. The van der Waals surface area contributed by atoms with Gasteiger partial charge in [0.1, 0.15) is 0 Å². The van der Waals surface area contributed by atoms with Gasteiger partial charge in [-0.2, -0.15) is 0 Å². The predicted octanol–water partition coefficient (Wildman–Crippen LogP) is 4.45. The van der Waals surface area contributed by atoms with Crippen LogP contribution in [0.4, 0.5) is 0 Å². The Bertz CT molecular complexity index is 680. The number of benzene rings is 2. The molecule has 0 radical (unpaired) electrons. The molecule has 1 aliphatic carbocycles. The van der Waals surface area contributed by atoms with E-state index in [-0.39, 0.29) is 5.78 Å². The van der Waals surface area contributed by atoms with Gasteiger partial charge in [0.2, 0.25) is 0 Å². The van der Waals surface area contributed by atoms with Gasteiger partial charge in [-0.25, -0.2) is 0 Å². The molecule has 0 fully saturated rings. The van der Waals surface area contributed by atoms with E-state index in [4.69, 9.17) is 0 Å². The van der Waals surface area contributed by atoms with Gasteiger partial charge in [-0.05, 0) is 42.4 Å². The highest BCUT2D eigenvalue weighted by atomic mass is 16.1. The first-order valence-electron chi connectivity index (χ1n) is 7.33. The number of ketones is 1. The molecule has 102 valence electrons. The molecule has 0 saturated heterocycles. The van der Waals surface area contributed by atoms with Crippen molar-refractivity contribution in [2.75, 3.05) is 0 Å². The van der Waals surface area contributed by atoms with Crippen LogP contribution in [0.25, 0.3) is 0 Å². The molecule has 20 heavy (non-hydrogen) atoms. The van der Waals surface area contributed by atoms with Crippen LogP contribution < -0.4 is 0 Å². The van der Waals surface area contributed by atoms with Crippen molar-refractivity contribution in [3.05, 3.63) is 69.8 Å². The molecule has 1 nitrogen and oxygen atoms in total. The summed E-state index contributed by atoms with van der Waals surface area (Å²) in [6, 6.07) is 12.5. The van der Waals surface area contributed by atoms with Crippen LogP contribution in [0, 0.1) is 6.92 Å². The van der Waals surface area contributed by atoms with Gasteiger partial charge in [-0.1, -0.05) is 55.8 Å². The molecular formula is C19H20O. The largest absolute Gasteiger partial charge is 0.289 e. The van der Waals surface area contributed by atoms with Crippen molar-refractivity contribution in [3.63, 3.8) is 0 Å². The Labute approximate surface area is 120 Å². The second-order valence-electron chi connectivity index (χ2n) is 6.06. The average molecular weight is 264 g/mol. The van der Waals surface area contributed by atoms with E-state index < -0.39 is 0 Å². The summed E-state index contributed by atoms with van der Waals surface area (Å²) in [7, 11) is 0. The minimum Gasteiger partial charge on any atom is -0.289 e. The molecule has 0 amide bonds. The fourth-order valence-corrected chi connectivity index (χ4v) is 2.97. The highest BCUT2D eigenvalue weighted by Crippen LogP contribution is 2.27. The van der Waals surface area contributed by atoms with E-state index in [1.54, 1.807) is 0 Å². The molecule has 0 bridgehead atoms. The lowest BCUT2D eigenvalue weighted by Gasteiger charge is -2.10. The van der Waals surface area contributed by atoms with E-state index in [0.717, 1.165) is 24.0 Å². The van der Waals surface area contributed by atoms with Gasteiger partial charge in [-0.15, -0.1) is 0 Å². The normalized spacial score (nSPS) is 13.9. The molecule has 0 spiro atoms. The van der Waals surface area contributed by atoms with Gasteiger partial charge in [0.15, 0.2) is 5.78 Å². The molecule has 0 heterocycles. The average Bonchev–Trinajstić information content (AvgIpc) is 2.56. The summed E-state index contributed by atoms with van der Waals surface area (Å²) in [6.45, 7) is 6.47. The summed E-state index contributed by atoms with van der Waals surface area (Å²) in [6.07, 6.45) is 1.91. The summed E-state index contributed by atoms with van der Waals surface area (Å²) in [5.41, 5.74) is 6.71. The first kappa shape index (κ1) is 13.1. The van der Waals surface area contributed by atoms with E-state index in [2.05, 4.69) is 39.0 Å². The summed E-state index contributed by atoms with van der Waals surface area (Å²) in [4.78, 5) is 12.7. The Morgan fingerprint density at radius 3 is 2.15 bits per heavy atom. The SMILES string of the molecule is Cc1ccc2c(c1)CCc1cc(C(C)C)ccc1C2=O. The fraction of sp³-hybridized carbons (Fsp3) is 0.316. The van der Waals surface area contributed by atoms with Gasteiger partial charge in [0.25, 0.3) is 0 Å². The highest BCUT2D eigenvalue weighted by Gasteiger charge is 2.21. The van der Waals surface area contributed by atoms with E-state index in [1.165, 1.54) is 22.3 Å². The van der Waals surface area contributed by atoms with Crippen LogP contribution in [0.1, 0.15) is 57.9 Å². The second-order valence-corrected chi connectivity index (χ2v) is 6.06. The van der Waals surface area contributed by atoms with E-state index in [9.17, 15) is 4.79 Å². The minimum atomic E-state index is 0.183. The Hall–Kier alpha value is -1.89. The molecule has 0 aromatic heterocycles. The molecule has 2 aromatic carbocycles. The van der Waals surface area contributed by atoms with E-state index in [1.807, 2.05) is 18.2 Å². The third kappa shape index (κ3) is 2.18. The number of carbonyl (C=O) groups is 1. The van der Waals surface area contributed by atoms with Gasteiger partial charge >= 0.3 is 0 Å². The summed E-state index contributed by atoms with van der Waals surface area (Å²) in [5, 5.41) is 0. The standard InChI is InChI=1S/C19H20O/c1-12(2)14-7-9-18-16(11-14)6-5-15-10-13(3)4-8-17(15)19(18)20/h4,7-12H,5-6H2,1-3H3. The van der Waals surface area contributed by atoms with Crippen LogP contribution in [0.2, 0.25) is 0 Å². The molecule has 0 N–H and O–H groups in total. The Morgan fingerprint density at radius 1 is 0.900 bits per heavy atom. The molecule has 2 aromatic rings. The number of aryl methyl sites for hydroxylation is 3. The lowest BCUT2D eigenvalue weighted by atomic mass is 9.93. The van der Waals surface area contributed by atoms with Crippen molar-refractivity contribution in [2.24, 2.45) is 0 Å².